The number of furan rings is 1. The molecule has 1 unspecified atom stereocenters. The number of rotatable bonds is 4. The van der Waals surface area contributed by atoms with Gasteiger partial charge in [0.1, 0.15) is 18.3 Å². The van der Waals surface area contributed by atoms with Gasteiger partial charge in [-0.2, -0.15) is 0 Å². The Bertz CT molecular complexity index is 359. The van der Waals surface area contributed by atoms with E-state index in [2.05, 4.69) is 4.74 Å². The average molecular weight is 212 g/mol. The van der Waals surface area contributed by atoms with Gasteiger partial charge in [0.25, 0.3) is 0 Å². The molecule has 0 spiro atoms. The van der Waals surface area contributed by atoms with Crippen LogP contribution in [0.15, 0.2) is 28.0 Å². The van der Waals surface area contributed by atoms with Crippen molar-refractivity contribution in [3.63, 3.8) is 0 Å². The molecule has 15 heavy (non-hydrogen) atoms. The van der Waals surface area contributed by atoms with E-state index in [1.807, 2.05) is 5.18 Å². The Kier molecular flexibility index (Phi) is 3.55. The zero-order chi connectivity index (χ0) is 11.3. The van der Waals surface area contributed by atoms with E-state index in [1.165, 1.54) is 12.3 Å². The van der Waals surface area contributed by atoms with Gasteiger partial charge in [0.2, 0.25) is 5.91 Å². The van der Waals surface area contributed by atoms with Crippen LogP contribution in [0.1, 0.15) is 11.7 Å². The van der Waals surface area contributed by atoms with Gasteiger partial charge < -0.3 is 14.9 Å². The highest BCUT2D eigenvalue weighted by atomic mass is 16.6. The van der Waals surface area contributed by atoms with E-state index >= 15 is 0 Å². The summed E-state index contributed by atoms with van der Waals surface area (Å²) in [6.45, 7) is -0.368. The molecule has 7 heteroatoms. The molecule has 0 fully saturated rings. The first kappa shape index (κ1) is 10.9. The van der Waals surface area contributed by atoms with Crippen molar-refractivity contribution in [3.8, 4) is 0 Å². The van der Waals surface area contributed by atoms with Crippen LogP contribution in [0.2, 0.25) is 0 Å². The third-order valence-electron chi connectivity index (χ3n) is 1.68. The lowest BCUT2D eigenvalue weighted by atomic mass is 10.1. The lowest BCUT2D eigenvalue weighted by Gasteiger charge is -2.08. The molecule has 1 heterocycles. The Morgan fingerprint density at radius 2 is 2.33 bits per heavy atom. The molecule has 0 aliphatic heterocycles. The summed E-state index contributed by atoms with van der Waals surface area (Å²) in [5.41, 5.74) is 5.06. The van der Waals surface area contributed by atoms with Crippen molar-refractivity contribution < 1.29 is 18.7 Å². The Hall–Kier alpha value is -2.18. The maximum absolute atomic E-state index is 11.0. The van der Waals surface area contributed by atoms with Crippen LogP contribution in [0.25, 0.3) is 0 Å². The minimum Gasteiger partial charge on any atom is -0.468 e. The maximum Gasteiger partial charge on any atom is 0.470 e. The third-order valence-corrected chi connectivity index (χ3v) is 1.68. The quantitative estimate of drug-likeness (QED) is 0.740. The van der Waals surface area contributed by atoms with E-state index in [9.17, 15) is 14.5 Å². The van der Waals surface area contributed by atoms with E-state index in [4.69, 9.17) is 10.2 Å². The number of hydrogen-bond donors (Lipinski definition) is 1. The van der Waals surface area contributed by atoms with Gasteiger partial charge in [0, 0.05) is 0 Å². The van der Waals surface area contributed by atoms with Crippen LogP contribution in [-0.4, -0.2) is 18.6 Å². The summed E-state index contributed by atoms with van der Waals surface area (Å²) in [4.78, 5) is 31.1. The van der Waals surface area contributed by atoms with Crippen molar-refractivity contribution in [3.05, 3.63) is 29.1 Å². The van der Waals surface area contributed by atoms with Crippen molar-refractivity contribution in [1.82, 2.24) is 0 Å². The number of nitroso groups, excluding NO2 is 1. The number of carbonyl (C=O) groups excluding carboxylic acids is 2. The zero-order valence-corrected chi connectivity index (χ0v) is 7.58. The van der Waals surface area contributed by atoms with Crippen LogP contribution < -0.4 is 5.73 Å². The average Bonchev–Trinajstić information content (AvgIpc) is 2.70. The zero-order valence-electron chi connectivity index (χ0n) is 7.58. The second-order valence-electron chi connectivity index (χ2n) is 2.64. The first-order valence-electron chi connectivity index (χ1n) is 3.98. The summed E-state index contributed by atoms with van der Waals surface area (Å²) >= 11 is 0. The number of nitrogens with zero attached hydrogens (tertiary/aromatic N) is 1. The van der Waals surface area contributed by atoms with E-state index in [0.717, 1.165) is 0 Å². The molecule has 0 aliphatic carbocycles. The molecule has 1 rings (SSSR count). The standard InChI is InChI=1S/C8H8N2O5/c9-7(11)5(4-15-8(12)10-13)6-2-1-3-14-6/h1-3,5H,4H2,(H2,9,11). The lowest BCUT2D eigenvalue weighted by Crippen LogP contribution is -2.25. The largest absolute Gasteiger partial charge is 0.470 e. The molecule has 0 aliphatic rings. The first-order chi connectivity index (χ1) is 7.15. The van der Waals surface area contributed by atoms with Gasteiger partial charge in [-0.1, -0.05) is 0 Å². The SMILES string of the molecule is NC(=O)C(COC(=O)N=O)c1ccco1. The summed E-state index contributed by atoms with van der Waals surface area (Å²) in [6.07, 6.45) is 0.0539. The summed E-state index contributed by atoms with van der Waals surface area (Å²) in [5.74, 6) is -1.37. The summed E-state index contributed by atoms with van der Waals surface area (Å²) in [5, 5.41) is 2.01. The molecular formula is C8H8N2O5. The fourth-order valence-corrected chi connectivity index (χ4v) is 0.975. The predicted molar refractivity (Wildman–Crippen MR) is 47.8 cm³/mol. The molecule has 1 aromatic heterocycles. The molecule has 1 atom stereocenters. The van der Waals surface area contributed by atoms with Crippen molar-refractivity contribution >= 4 is 12.0 Å². The number of amides is 2. The molecule has 2 N–H and O–H groups in total. The number of ether oxygens (including phenoxy) is 1. The highest BCUT2D eigenvalue weighted by Crippen LogP contribution is 2.16. The Balaban J connectivity index is 2.64. The number of nitrogens with two attached hydrogens (primary N) is 1. The van der Waals surface area contributed by atoms with Crippen LogP contribution in [0.3, 0.4) is 0 Å². The molecule has 0 radical (unpaired) electrons. The van der Waals surface area contributed by atoms with Gasteiger partial charge in [-0.25, -0.2) is 4.79 Å². The Morgan fingerprint density at radius 1 is 1.60 bits per heavy atom. The number of hydrogen-bond acceptors (Lipinski definition) is 5. The minimum absolute atomic E-state index is 0.265. The first-order valence-corrected chi connectivity index (χ1v) is 3.98. The molecule has 0 saturated heterocycles. The second-order valence-corrected chi connectivity index (χ2v) is 2.64. The smallest absolute Gasteiger partial charge is 0.468 e. The minimum atomic E-state index is -1.30. The normalized spacial score (nSPS) is 11.7. The third kappa shape index (κ3) is 2.90. The Morgan fingerprint density at radius 3 is 2.80 bits per heavy atom. The fraction of sp³-hybridized carbons (Fsp3) is 0.250. The van der Waals surface area contributed by atoms with Crippen LogP contribution in [0, 0.1) is 4.91 Å². The molecule has 80 valence electrons. The van der Waals surface area contributed by atoms with Crippen molar-refractivity contribution in [1.29, 1.82) is 0 Å². The van der Waals surface area contributed by atoms with E-state index < -0.39 is 17.9 Å². The van der Waals surface area contributed by atoms with E-state index in [1.54, 1.807) is 6.07 Å². The summed E-state index contributed by atoms with van der Waals surface area (Å²) < 4.78 is 9.28. The van der Waals surface area contributed by atoms with Crippen LogP contribution >= 0.6 is 0 Å². The van der Waals surface area contributed by atoms with Gasteiger partial charge in [-0.05, 0) is 12.1 Å². The highest BCUT2D eigenvalue weighted by Gasteiger charge is 2.22. The monoisotopic (exact) mass is 212 g/mol. The second kappa shape index (κ2) is 4.89. The van der Waals surface area contributed by atoms with E-state index in [-0.39, 0.29) is 12.4 Å². The molecule has 2 amide bonds. The lowest BCUT2D eigenvalue weighted by molar-refractivity contribution is -0.120. The summed E-state index contributed by atoms with van der Waals surface area (Å²) in [7, 11) is 0. The topological polar surface area (TPSA) is 112 Å². The van der Waals surface area contributed by atoms with Crippen LogP contribution in [0.4, 0.5) is 4.79 Å². The molecular weight excluding hydrogens is 204 g/mol. The molecule has 0 bridgehead atoms. The van der Waals surface area contributed by atoms with Crippen molar-refractivity contribution in [2.75, 3.05) is 6.61 Å². The van der Waals surface area contributed by atoms with Crippen molar-refractivity contribution in [2.24, 2.45) is 10.9 Å². The number of carbonyl (C=O) groups is 2. The maximum atomic E-state index is 11.0. The van der Waals surface area contributed by atoms with E-state index in [0.29, 0.717) is 0 Å². The molecule has 1 aromatic rings. The van der Waals surface area contributed by atoms with Gasteiger partial charge >= 0.3 is 6.09 Å². The van der Waals surface area contributed by atoms with Gasteiger partial charge in [-0.3, -0.25) is 4.79 Å². The predicted octanol–water partition coefficient (Wildman–Crippen LogP) is 0.752. The fourth-order valence-electron chi connectivity index (χ4n) is 0.975. The summed E-state index contributed by atoms with van der Waals surface area (Å²) in [6, 6.07) is 3.07. The Labute approximate surface area is 84.2 Å². The number of primary amides is 1. The molecule has 0 saturated carbocycles. The molecule has 7 nitrogen and oxygen atoms in total. The van der Waals surface area contributed by atoms with Crippen LogP contribution in [0.5, 0.6) is 0 Å². The van der Waals surface area contributed by atoms with Gasteiger partial charge in [-0.15, -0.1) is 4.91 Å². The van der Waals surface area contributed by atoms with Gasteiger partial charge in [0.15, 0.2) is 0 Å². The van der Waals surface area contributed by atoms with Crippen molar-refractivity contribution in [2.45, 2.75) is 5.92 Å². The highest BCUT2D eigenvalue weighted by molar-refractivity contribution is 5.81. The van der Waals surface area contributed by atoms with Crippen LogP contribution in [-0.2, 0) is 9.53 Å². The molecule has 0 aromatic carbocycles. The van der Waals surface area contributed by atoms with Gasteiger partial charge in [0.05, 0.1) is 11.4 Å².